The standard InChI is InChI=1S/C14H23N5O/c1-4-19-7-5-6-11(19)10-18(3)14(20)12-8-16-9-13(15-2)17-12/h8-9,11H,4-7,10H2,1-3H3,(H,15,17). The normalized spacial score (nSPS) is 19.1. The van der Waals surface area contributed by atoms with E-state index in [0.29, 0.717) is 17.6 Å². The van der Waals surface area contributed by atoms with Crippen molar-refractivity contribution in [3.05, 3.63) is 18.1 Å². The molecule has 1 aromatic heterocycles. The molecule has 1 unspecified atom stereocenters. The largest absolute Gasteiger partial charge is 0.372 e. The second kappa shape index (κ2) is 6.65. The van der Waals surface area contributed by atoms with E-state index in [1.54, 1.807) is 18.1 Å². The Morgan fingerprint density at radius 2 is 2.35 bits per heavy atom. The molecule has 1 aliphatic heterocycles. The van der Waals surface area contributed by atoms with Crippen molar-refractivity contribution in [2.45, 2.75) is 25.8 Å². The number of carbonyl (C=O) groups is 1. The lowest BCUT2D eigenvalue weighted by Gasteiger charge is -2.27. The topological polar surface area (TPSA) is 61.4 Å². The first kappa shape index (κ1) is 14.7. The lowest BCUT2D eigenvalue weighted by molar-refractivity contribution is 0.0748. The van der Waals surface area contributed by atoms with Crippen molar-refractivity contribution in [3.63, 3.8) is 0 Å². The van der Waals surface area contributed by atoms with E-state index < -0.39 is 0 Å². The number of nitrogens with zero attached hydrogens (tertiary/aromatic N) is 4. The highest BCUT2D eigenvalue weighted by molar-refractivity contribution is 5.92. The Hall–Kier alpha value is -1.69. The van der Waals surface area contributed by atoms with Crippen molar-refractivity contribution in [1.82, 2.24) is 19.8 Å². The van der Waals surface area contributed by atoms with Crippen LogP contribution in [0.1, 0.15) is 30.3 Å². The zero-order chi connectivity index (χ0) is 14.5. The lowest BCUT2D eigenvalue weighted by Crippen LogP contribution is -2.41. The Morgan fingerprint density at radius 3 is 3.05 bits per heavy atom. The predicted molar refractivity (Wildman–Crippen MR) is 78.8 cm³/mol. The molecule has 1 amide bonds. The third-order valence-corrected chi connectivity index (χ3v) is 3.85. The van der Waals surface area contributed by atoms with Gasteiger partial charge in [0.2, 0.25) is 0 Å². The quantitative estimate of drug-likeness (QED) is 0.872. The van der Waals surface area contributed by atoms with Crippen LogP contribution in [0.5, 0.6) is 0 Å². The molecule has 0 aromatic carbocycles. The molecule has 20 heavy (non-hydrogen) atoms. The first-order valence-corrected chi connectivity index (χ1v) is 7.15. The van der Waals surface area contributed by atoms with E-state index in [2.05, 4.69) is 27.1 Å². The lowest BCUT2D eigenvalue weighted by atomic mass is 10.2. The highest BCUT2D eigenvalue weighted by atomic mass is 16.2. The van der Waals surface area contributed by atoms with Crippen molar-refractivity contribution in [1.29, 1.82) is 0 Å². The number of aromatic nitrogens is 2. The SMILES string of the molecule is CCN1CCCC1CN(C)C(=O)c1cncc(NC)n1. The minimum Gasteiger partial charge on any atom is -0.372 e. The maximum Gasteiger partial charge on any atom is 0.273 e. The van der Waals surface area contributed by atoms with Crippen LogP contribution in [0.4, 0.5) is 5.82 Å². The monoisotopic (exact) mass is 277 g/mol. The fraction of sp³-hybridized carbons (Fsp3) is 0.643. The van der Waals surface area contributed by atoms with E-state index in [1.165, 1.54) is 12.6 Å². The molecule has 1 aromatic rings. The number of hydrogen-bond donors (Lipinski definition) is 1. The van der Waals surface area contributed by atoms with Gasteiger partial charge in [-0.05, 0) is 25.9 Å². The number of amides is 1. The van der Waals surface area contributed by atoms with Gasteiger partial charge in [-0.1, -0.05) is 6.92 Å². The maximum atomic E-state index is 12.4. The van der Waals surface area contributed by atoms with Crippen molar-refractivity contribution in [2.24, 2.45) is 0 Å². The van der Waals surface area contributed by atoms with Gasteiger partial charge in [-0.3, -0.25) is 14.7 Å². The fourth-order valence-corrected chi connectivity index (χ4v) is 2.70. The van der Waals surface area contributed by atoms with Crippen LogP contribution in [0.15, 0.2) is 12.4 Å². The second-order valence-electron chi connectivity index (χ2n) is 5.15. The summed E-state index contributed by atoms with van der Waals surface area (Å²) >= 11 is 0. The molecule has 1 atom stereocenters. The average molecular weight is 277 g/mol. The van der Waals surface area contributed by atoms with Gasteiger partial charge in [-0.2, -0.15) is 0 Å². The van der Waals surface area contributed by atoms with Crippen LogP contribution < -0.4 is 5.32 Å². The number of likely N-dealkylation sites (tertiary alicyclic amines) is 1. The molecule has 1 saturated heterocycles. The van der Waals surface area contributed by atoms with Gasteiger partial charge in [-0.15, -0.1) is 0 Å². The van der Waals surface area contributed by atoms with Gasteiger partial charge in [0.15, 0.2) is 0 Å². The molecule has 1 fully saturated rings. The Bertz CT molecular complexity index is 465. The molecule has 0 aliphatic carbocycles. The van der Waals surface area contributed by atoms with E-state index >= 15 is 0 Å². The number of carbonyl (C=O) groups excluding carboxylic acids is 1. The van der Waals surface area contributed by atoms with Gasteiger partial charge >= 0.3 is 0 Å². The predicted octanol–water partition coefficient (Wildman–Crippen LogP) is 1.07. The van der Waals surface area contributed by atoms with Gasteiger partial charge in [0, 0.05) is 26.7 Å². The first-order valence-electron chi connectivity index (χ1n) is 7.15. The van der Waals surface area contributed by atoms with Crippen molar-refractivity contribution >= 4 is 11.7 Å². The molecule has 1 N–H and O–H groups in total. The zero-order valence-electron chi connectivity index (χ0n) is 12.5. The highest BCUT2D eigenvalue weighted by Crippen LogP contribution is 2.17. The van der Waals surface area contributed by atoms with E-state index in [0.717, 1.165) is 26.1 Å². The number of anilines is 1. The summed E-state index contributed by atoms with van der Waals surface area (Å²) in [4.78, 5) is 24.8. The van der Waals surface area contributed by atoms with E-state index in [4.69, 9.17) is 0 Å². The van der Waals surface area contributed by atoms with Crippen LogP contribution >= 0.6 is 0 Å². The maximum absolute atomic E-state index is 12.4. The Balaban J connectivity index is 2.01. The van der Waals surface area contributed by atoms with E-state index in [1.807, 2.05) is 7.05 Å². The smallest absolute Gasteiger partial charge is 0.273 e. The third kappa shape index (κ3) is 3.25. The summed E-state index contributed by atoms with van der Waals surface area (Å²) in [6.45, 7) is 5.10. The summed E-state index contributed by atoms with van der Waals surface area (Å²) in [5, 5.41) is 2.90. The minimum atomic E-state index is -0.0717. The summed E-state index contributed by atoms with van der Waals surface area (Å²) in [5.74, 6) is 0.540. The van der Waals surface area contributed by atoms with Gasteiger partial charge < -0.3 is 10.2 Å². The molecular formula is C14H23N5O. The summed E-state index contributed by atoms with van der Waals surface area (Å²) in [5.41, 5.74) is 0.389. The zero-order valence-corrected chi connectivity index (χ0v) is 12.5. The van der Waals surface area contributed by atoms with Crippen LogP contribution in [-0.4, -0.2) is 65.4 Å². The van der Waals surface area contributed by atoms with Crippen molar-refractivity contribution < 1.29 is 4.79 Å². The number of likely N-dealkylation sites (N-methyl/N-ethyl adjacent to an activating group) is 2. The second-order valence-corrected chi connectivity index (χ2v) is 5.15. The average Bonchev–Trinajstić information content (AvgIpc) is 2.93. The van der Waals surface area contributed by atoms with Gasteiger partial charge in [0.25, 0.3) is 5.91 Å². The van der Waals surface area contributed by atoms with Crippen LogP contribution in [0.3, 0.4) is 0 Å². The summed E-state index contributed by atoms with van der Waals surface area (Å²) in [6, 6.07) is 0.467. The van der Waals surface area contributed by atoms with Crippen molar-refractivity contribution in [3.8, 4) is 0 Å². The van der Waals surface area contributed by atoms with Gasteiger partial charge in [0.05, 0.1) is 12.4 Å². The number of rotatable bonds is 5. The summed E-state index contributed by atoms with van der Waals surface area (Å²) in [7, 11) is 3.60. The van der Waals surface area contributed by atoms with Crippen LogP contribution in [-0.2, 0) is 0 Å². The molecule has 2 rings (SSSR count). The van der Waals surface area contributed by atoms with Crippen LogP contribution in [0, 0.1) is 0 Å². The molecule has 6 nitrogen and oxygen atoms in total. The minimum absolute atomic E-state index is 0.0717. The Kier molecular flexibility index (Phi) is 4.89. The Morgan fingerprint density at radius 1 is 1.55 bits per heavy atom. The highest BCUT2D eigenvalue weighted by Gasteiger charge is 2.26. The van der Waals surface area contributed by atoms with Gasteiger partial charge in [-0.25, -0.2) is 4.98 Å². The van der Waals surface area contributed by atoms with E-state index in [9.17, 15) is 4.79 Å². The number of hydrogen-bond acceptors (Lipinski definition) is 5. The van der Waals surface area contributed by atoms with Crippen molar-refractivity contribution in [2.75, 3.05) is 39.0 Å². The molecule has 2 heterocycles. The van der Waals surface area contributed by atoms with Gasteiger partial charge in [0.1, 0.15) is 11.5 Å². The molecule has 1 aliphatic rings. The molecule has 6 heteroatoms. The summed E-state index contributed by atoms with van der Waals surface area (Å²) < 4.78 is 0. The van der Waals surface area contributed by atoms with Crippen LogP contribution in [0.25, 0.3) is 0 Å². The van der Waals surface area contributed by atoms with E-state index in [-0.39, 0.29) is 5.91 Å². The summed E-state index contributed by atoms with van der Waals surface area (Å²) in [6.07, 6.45) is 5.50. The molecule has 0 saturated carbocycles. The molecule has 0 spiro atoms. The molecule has 110 valence electrons. The van der Waals surface area contributed by atoms with Crippen LogP contribution in [0.2, 0.25) is 0 Å². The molecule has 0 bridgehead atoms. The fourth-order valence-electron chi connectivity index (χ4n) is 2.70. The molecule has 0 radical (unpaired) electrons. The first-order chi connectivity index (χ1) is 9.65. The third-order valence-electron chi connectivity index (χ3n) is 3.85. The Labute approximate surface area is 120 Å². The molecular weight excluding hydrogens is 254 g/mol. The number of nitrogens with one attached hydrogen (secondary N) is 1.